The number of anilines is 1. The van der Waals surface area contributed by atoms with Gasteiger partial charge in [-0.25, -0.2) is 4.39 Å². The van der Waals surface area contributed by atoms with Crippen molar-refractivity contribution in [2.75, 3.05) is 44.8 Å². The lowest BCUT2D eigenvalue weighted by Gasteiger charge is -2.34. The van der Waals surface area contributed by atoms with Crippen LogP contribution in [-0.4, -0.2) is 46.0 Å². The molecule has 4 rings (SSSR count). The number of piperidine rings is 1. The van der Waals surface area contributed by atoms with E-state index in [4.69, 9.17) is 14.2 Å². The zero-order valence-electron chi connectivity index (χ0n) is 16.2. The summed E-state index contributed by atoms with van der Waals surface area (Å²) in [6, 6.07) is 13.0. The monoisotopic (exact) mass is 386 g/mol. The lowest BCUT2D eigenvalue weighted by molar-refractivity contribution is 0.0852. The molecule has 0 radical (unpaired) electrons. The van der Waals surface area contributed by atoms with Gasteiger partial charge in [0.1, 0.15) is 18.5 Å². The summed E-state index contributed by atoms with van der Waals surface area (Å²) in [6.07, 6.45) is 2.19. The molecule has 0 aromatic heterocycles. The first kappa shape index (κ1) is 18.9. The molecule has 5 nitrogen and oxygen atoms in total. The Kier molecular flexibility index (Phi) is 5.86. The molecule has 0 amide bonds. The van der Waals surface area contributed by atoms with Gasteiger partial charge >= 0.3 is 0 Å². The molecule has 28 heavy (non-hydrogen) atoms. The quantitative estimate of drug-likeness (QED) is 0.823. The molecule has 1 atom stereocenters. The zero-order chi connectivity index (χ0) is 19.3. The molecule has 0 saturated carbocycles. The summed E-state index contributed by atoms with van der Waals surface area (Å²) in [4.78, 5) is 2.40. The molecule has 2 aromatic rings. The predicted molar refractivity (Wildman–Crippen MR) is 107 cm³/mol. The Bertz CT molecular complexity index is 793. The first-order valence-corrected chi connectivity index (χ1v) is 9.91. The van der Waals surface area contributed by atoms with Crippen molar-refractivity contribution in [3.05, 3.63) is 48.3 Å². The number of hydrogen-bond donors (Lipinski definition) is 1. The van der Waals surface area contributed by atoms with E-state index in [1.54, 1.807) is 19.2 Å². The molecular weight excluding hydrogens is 359 g/mol. The molecule has 1 fully saturated rings. The van der Waals surface area contributed by atoms with Crippen LogP contribution in [0.2, 0.25) is 0 Å². The van der Waals surface area contributed by atoms with Crippen molar-refractivity contribution < 1.29 is 18.6 Å². The number of nitrogens with zero attached hydrogens (tertiary/aromatic N) is 1. The van der Waals surface area contributed by atoms with Crippen molar-refractivity contribution in [3.63, 3.8) is 0 Å². The molecule has 2 aliphatic heterocycles. The van der Waals surface area contributed by atoms with Crippen molar-refractivity contribution in [1.82, 2.24) is 5.32 Å². The minimum atomic E-state index is -0.370. The number of ether oxygens (including phenoxy) is 3. The molecule has 1 N–H and O–H groups in total. The molecule has 1 unspecified atom stereocenters. The maximum atomic E-state index is 13.7. The van der Waals surface area contributed by atoms with Crippen LogP contribution in [0.1, 0.15) is 12.8 Å². The van der Waals surface area contributed by atoms with Gasteiger partial charge in [-0.2, -0.15) is 0 Å². The van der Waals surface area contributed by atoms with Gasteiger partial charge in [-0.3, -0.25) is 0 Å². The van der Waals surface area contributed by atoms with E-state index in [-0.39, 0.29) is 17.7 Å². The normalized spacial score (nSPS) is 19.5. The number of fused-ring (bicyclic) bond motifs is 1. The van der Waals surface area contributed by atoms with Crippen molar-refractivity contribution in [2.45, 2.75) is 18.9 Å². The number of rotatable bonds is 6. The molecule has 150 valence electrons. The first-order valence-electron chi connectivity index (χ1n) is 9.91. The minimum Gasteiger partial charge on any atom is -0.495 e. The van der Waals surface area contributed by atoms with E-state index < -0.39 is 0 Å². The van der Waals surface area contributed by atoms with E-state index in [9.17, 15) is 4.39 Å². The second-order valence-corrected chi connectivity index (χ2v) is 7.38. The van der Waals surface area contributed by atoms with Gasteiger partial charge in [0.15, 0.2) is 17.3 Å². The summed E-state index contributed by atoms with van der Waals surface area (Å²) in [5.41, 5.74) is 1.18. The van der Waals surface area contributed by atoms with Gasteiger partial charge < -0.3 is 24.4 Å². The van der Waals surface area contributed by atoms with E-state index in [2.05, 4.69) is 22.3 Å². The third-order valence-electron chi connectivity index (χ3n) is 5.48. The molecule has 2 aliphatic rings. The van der Waals surface area contributed by atoms with Crippen molar-refractivity contribution in [1.29, 1.82) is 0 Å². The lowest BCUT2D eigenvalue weighted by Crippen LogP contribution is -2.42. The maximum absolute atomic E-state index is 13.7. The highest BCUT2D eigenvalue weighted by Crippen LogP contribution is 2.34. The van der Waals surface area contributed by atoms with E-state index in [0.717, 1.165) is 38.2 Å². The van der Waals surface area contributed by atoms with Crippen molar-refractivity contribution >= 4 is 5.69 Å². The van der Waals surface area contributed by atoms with Crippen LogP contribution in [0.25, 0.3) is 0 Å². The zero-order valence-corrected chi connectivity index (χ0v) is 16.2. The topological polar surface area (TPSA) is 43.0 Å². The van der Waals surface area contributed by atoms with Crippen LogP contribution in [0.3, 0.4) is 0 Å². The Hall–Kier alpha value is -2.47. The van der Waals surface area contributed by atoms with Crippen molar-refractivity contribution in [2.24, 2.45) is 5.92 Å². The van der Waals surface area contributed by atoms with Crippen LogP contribution in [0, 0.1) is 11.7 Å². The minimum absolute atomic E-state index is 0.0945. The first-order chi connectivity index (χ1) is 13.7. The van der Waals surface area contributed by atoms with Crippen LogP contribution >= 0.6 is 0 Å². The fourth-order valence-electron chi connectivity index (χ4n) is 3.93. The lowest BCUT2D eigenvalue weighted by atomic mass is 9.96. The van der Waals surface area contributed by atoms with Gasteiger partial charge in [0.05, 0.1) is 12.8 Å². The average Bonchev–Trinajstić information content (AvgIpc) is 2.74. The Morgan fingerprint density at radius 1 is 1.11 bits per heavy atom. The summed E-state index contributed by atoms with van der Waals surface area (Å²) in [5.74, 6) is 1.92. The summed E-state index contributed by atoms with van der Waals surface area (Å²) >= 11 is 0. The van der Waals surface area contributed by atoms with Gasteiger partial charge in [0, 0.05) is 19.6 Å². The van der Waals surface area contributed by atoms with Crippen LogP contribution in [0.5, 0.6) is 17.2 Å². The van der Waals surface area contributed by atoms with Crippen molar-refractivity contribution in [3.8, 4) is 17.2 Å². The third kappa shape index (κ3) is 4.17. The Balaban J connectivity index is 1.21. The van der Waals surface area contributed by atoms with Gasteiger partial charge in [-0.05, 0) is 49.6 Å². The second-order valence-electron chi connectivity index (χ2n) is 7.38. The Morgan fingerprint density at radius 3 is 2.75 bits per heavy atom. The molecule has 2 aromatic carbocycles. The number of hydrogen-bond acceptors (Lipinski definition) is 5. The standard InChI is InChI=1S/C22H27FN2O3/c1-26-20-7-3-2-6-19(20)25-11-9-16(10-12-25)13-24-14-17-15-27-22-18(23)5-4-8-21(22)28-17/h2-8,16-17,24H,9-15H2,1H3. The molecule has 0 aliphatic carbocycles. The van der Waals surface area contributed by atoms with Crippen LogP contribution < -0.4 is 24.4 Å². The molecule has 1 saturated heterocycles. The number of halogens is 1. The predicted octanol–water partition coefficient (Wildman–Crippen LogP) is 3.48. The summed E-state index contributed by atoms with van der Waals surface area (Å²) in [6.45, 7) is 4.08. The summed E-state index contributed by atoms with van der Waals surface area (Å²) < 4.78 is 30.5. The number of nitrogens with one attached hydrogen (secondary N) is 1. The highest BCUT2D eigenvalue weighted by atomic mass is 19.1. The SMILES string of the molecule is COc1ccccc1N1CCC(CNCC2COc3c(F)cccc3O2)CC1. The largest absolute Gasteiger partial charge is 0.495 e. The average molecular weight is 386 g/mol. The van der Waals surface area contributed by atoms with E-state index in [0.29, 0.717) is 24.8 Å². The van der Waals surface area contributed by atoms with Crippen LogP contribution in [-0.2, 0) is 0 Å². The Labute approximate surface area is 165 Å². The maximum Gasteiger partial charge on any atom is 0.197 e. The summed E-state index contributed by atoms with van der Waals surface area (Å²) in [7, 11) is 1.72. The van der Waals surface area contributed by atoms with Crippen LogP contribution in [0.4, 0.5) is 10.1 Å². The molecule has 6 heteroatoms. The highest BCUT2D eigenvalue weighted by Gasteiger charge is 2.25. The second kappa shape index (κ2) is 8.69. The number of methoxy groups -OCH3 is 1. The number of para-hydroxylation sites is 3. The van der Waals surface area contributed by atoms with E-state index in [1.807, 2.05) is 12.1 Å². The van der Waals surface area contributed by atoms with Gasteiger partial charge in [0.2, 0.25) is 0 Å². The molecule has 2 heterocycles. The smallest absolute Gasteiger partial charge is 0.197 e. The fourth-order valence-corrected chi connectivity index (χ4v) is 3.93. The molecule has 0 bridgehead atoms. The van der Waals surface area contributed by atoms with Crippen LogP contribution in [0.15, 0.2) is 42.5 Å². The molecular formula is C22H27FN2O3. The van der Waals surface area contributed by atoms with E-state index in [1.165, 1.54) is 11.8 Å². The number of benzene rings is 2. The van der Waals surface area contributed by atoms with Gasteiger partial charge in [-0.1, -0.05) is 18.2 Å². The fraction of sp³-hybridized carbons (Fsp3) is 0.455. The highest BCUT2D eigenvalue weighted by molar-refractivity contribution is 5.58. The third-order valence-corrected chi connectivity index (χ3v) is 5.48. The Morgan fingerprint density at radius 2 is 1.93 bits per heavy atom. The van der Waals surface area contributed by atoms with Gasteiger partial charge in [0.25, 0.3) is 0 Å². The van der Waals surface area contributed by atoms with Gasteiger partial charge in [-0.15, -0.1) is 0 Å². The summed E-state index contributed by atoms with van der Waals surface area (Å²) in [5, 5.41) is 3.51. The van der Waals surface area contributed by atoms with E-state index >= 15 is 0 Å². The molecule has 0 spiro atoms.